The molecule has 76 valence electrons. The third-order valence-electron chi connectivity index (χ3n) is 2.56. The molecule has 0 amide bonds. The van der Waals surface area contributed by atoms with Crippen LogP contribution in [-0.2, 0) is 0 Å². The highest BCUT2D eigenvalue weighted by atomic mass is 35.5. The molecule has 3 nitrogen and oxygen atoms in total. The molecule has 4 heteroatoms. The van der Waals surface area contributed by atoms with E-state index in [-0.39, 0.29) is 0 Å². The second-order valence-corrected chi connectivity index (χ2v) is 3.93. The molecular weight excluding hydrogens is 200 g/mol. The number of halogens is 1. The first-order chi connectivity index (χ1) is 6.61. The van der Waals surface area contributed by atoms with Crippen LogP contribution in [-0.4, -0.2) is 20.2 Å². The number of benzene rings is 1. The SMILES string of the molecule is Cc1c(N)cc(Cl)c2c1N(C)CCO2. The van der Waals surface area contributed by atoms with Gasteiger partial charge in [-0.15, -0.1) is 0 Å². The Kier molecular flexibility index (Phi) is 2.19. The van der Waals surface area contributed by atoms with E-state index in [2.05, 4.69) is 4.90 Å². The number of anilines is 2. The van der Waals surface area contributed by atoms with Gasteiger partial charge in [-0.3, -0.25) is 0 Å². The standard InChI is InChI=1S/C10H13ClN2O/c1-6-8(12)5-7(11)10-9(6)13(2)3-4-14-10/h5H,3-4,12H2,1-2H3. The number of rotatable bonds is 0. The summed E-state index contributed by atoms with van der Waals surface area (Å²) in [7, 11) is 2.02. The lowest BCUT2D eigenvalue weighted by atomic mass is 10.1. The summed E-state index contributed by atoms with van der Waals surface area (Å²) in [6.45, 7) is 3.52. The summed E-state index contributed by atoms with van der Waals surface area (Å²) in [5, 5.41) is 0.592. The molecule has 1 heterocycles. The lowest BCUT2D eigenvalue weighted by Crippen LogP contribution is -2.29. The average molecular weight is 213 g/mol. The number of hydrogen-bond donors (Lipinski definition) is 1. The Bertz CT molecular complexity index is 379. The van der Waals surface area contributed by atoms with Gasteiger partial charge in [0.15, 0.2) is 5.75 Å². The molecule has 1 aromatic carbocycles. The lowest BCUT2D eigenvalue weighted by Gasteiger charge is -2.30. The third-order valence-corrected chi connectivity index (χ3v) is 2.84. The Morgan fingerprint density at radius 1 is 1.57 bits per heavy atom. The Hall–Kier alpha value is -1.09. The van der Waals surface area contributed by atoms with Crippen LogP contribution in [0.2, 0.25) is 5.02 Å². The monoisotopic (exact) mass is 212 g/mol. The molecule has 0 saturated heterocycles. The zero-order chi connectivity index (χ0) is 10.3. The third kappa shape index (κ3) is 1.28. The highest BCUT2D eigenvalue weighted by molar-refractivity contribution is 6.33. The molecule has 1 aliphatic heterocycles. The minimum absolute atomic E-state index is 0.592. The van der Waals surface area contributed by atoms with E-state index in [1.54, 1.807) is 6.07 Å². The Labute approximate surface area is 88.4 Å². The molecule has 0 spiro atoms. The first kappa shape index (κ1) is 9.46. The van der Waals surface area contributed by atoms with Crippen molar-refractivity contribution in [2.45, 2.75) is 6.92 Å². The summed E-state index contributed by atoms with van der Waals surface area (Å²) in [5.41, 5.74) is 8.60. The molecule has 0 unspecified atom stereocenters. The van der Waals surface area contributed by atoms with Gasteiger partial charge in [0.1, 0.15) is 6.61 Å². The van der Waals surface area contributed by atoms with Gasteiger partial charge in [-0.25, -0.2) is 0 Å². The lowest BCUT2D eigenvalue weighted by molar-refractivity contribution is 0.311. The number of nitrogen functional groups attached to an aromatic ring is 1. The fourth-order valence-electron chi connectivity index (χ4n) is 1.72. The van der Waals surface area contributed by atoms with E-state index in [1.165, 1.54) is 0 Å². The summed E-state index contributed by atoms with van der Waals surface area (Å²) in [5.74, 6) is 0.757. The fraction of sp³-hybridized carbons (Fsp3) is 0.400. The van der Waals surface area contributed by atoms with Gasteiger partial charge < -0.3 is 15.4 Å². The van der Waals surface area contributed by atoms with Crippen LogP contribution in [0, 0.1) is 6.92 Å². The molecule has 0 atom stereocenters. The maximum Gasteiger partial charge on any atom is 0.161 e. The maximum absolute atomic E-state index is 6.05. The van der Waals surface area contributed by atoms with Gasteiger partial charge in [0.05, 0.1) is 17.3 Å². The average Bonchev–Trinajstić information content (AvgIpc) is 2.14. The van der Waals surface area contributed by atoms with Gasteiger partial charge >= 0.3 is 0 Å². The van der Waals surface area contributed by atoms with Crippen LogP contribution in [0.3, 0.4) is 0 Å². The number of nitrogens with zero attached hydrogens (tertiary/aromatic N) is 1. The smallest absolute Gasteiger partial charge is 0.161 e. The van der Waals surface area contributed by atoms with Crippen molar-refractivity contribution in [2.24, 2.45) is 0 Å². The van der Waals surface area contributed by atoms with Crippen molar-refractivity contribution < 1.29 is 4.74 Å². The summed E-state index contributed by atoms with van der Waals surface area (Å²) in [6.07, 6.45) is 0. The van der Waals surface area contributed by atoms with Crippen molar-refractivity contribution >= 4 is 23.0 Å². The quantitative estimate of drug-likeness (QED) is 0.669. The minimum Gasteiger partial charge on any atom is -0.488 e. The van der Waals surface area contributed by atoms with Crippen LogP contribution in [0.25, 0.3) is 0 Å². The highest BCUT2D eigenvalue weighted by Gasteiger charge is 2.21. The van der Waals surface area contributed by atoms with Crippen molar-refractivity contribution in [2.75, 3.05) is 30.8 Å². The zero-order valence-electron chi connectivity index (χ0n) is 8.30. The van der Waals surface area contributed by atoms with Crippen molar-refractivity contribution in [1.29, 1.82) is 0 Å². The molecule has 0 radical (unpaired) electrons. The number of fused-ring (bicyclic) bond motifs is 1. The highest BCUT2D eigenvalue weighted by Crippen LogP contribution is 2.42. The molecule has 14 heavy (non-hydrogen) atoms. The topological polar surface area (TPSA) is 38.5 Å². The van der Waals surface area contributed by atoms with Crippen LogP contribution in [0.4, 0.5) is 11.4 Å². The minimum atomic E-state index is 0.592. The Morgan fingerprint density at radius 3 is 3.00 bits per heavy atom. The molecule has 1 aromatic rings. The van der Waals surface area contributed by atoms with Gasteiger partial charge in [0, 0.05) is 12.7 Å². The van der Waals surface area contributed by atoms with Gasteiger partial charge in [-0.1, -0.05) is 11.6 Å². The van der Waals surface area contributed by atoms with E-state index in [0.717, 1.165) is 23.5 Å². The van der Waals surface area contributed by atoms with E-state index >= 15 is 0 Å². The van der Waals surface area contributed by atoms with E-state index in [0.29, 0.717) is 17.3 Å². The van der Waals surface area contributed by atoms with Gasteiger partial charge in [0.25, 0.3) is 0 Å². The molecule has 2 N–H and O–H groups in total. The predicted octanol–water partition coefficient (Wildman–Crippen LogP) is 2.06. The van der Waals surface area contributed by atoms with Crippen molar-refractivity contribution in [3.8, 4) is 5.75 Å². The maximum atomic E-state index is 6.05. The van der Waals surface area contributed by atoms with Crippen LogP contribution < -0.4 is 15.4 Å². The largest absolute Gasteiger partial charge is 0.488 e. The van der Waals surface area contributed by atoms with E-state index in [4.69, 9.17) is 22.1 Å². The van der Waals surface area contributed by atoms with E-state index in [1.807, 2.05) is 14.0 Å². The fourth-order valence-corrected chi connectivity index (χ4v) is 1.99. The molecule has 1 aliphatic rings. The van der Waals surface area contributed by atoms with E-state index in [9.17, 15) is 0 Å². The first-order valence-corrected chi connectivity index (χ1v) is 4.91. The predicted molar refractivity (Wildman–Crippen MR) is 59.4 cm³/mol. The zero-order valence-corrected chi connectivity index (χ0v) is 9.06. The van der Waals surface area contributed by atoms with Crippen molar-refractivity contribution in [1.82, 2.24) is 0 Å². The van der Waals surface area contributed by atoms with E-state index < -0.39 is 0 Å². The van der Waals surface area contributed by atoms with Crippen LogP contribution in [0.1, 0.15) is 5.56 Å². The summed E-state index contributed by atoms with van der Waals surface area (Å²) in [6, 6.07) is 1.74. The molecule has 0 saturated carbocycles. The first-order valence-electron chi connectivity index (χ1n) is 4.53. The normalized spacial score (nSPS) is 14.9. The molecule has 0 fully saturated rings. The number of nitrogens with two attached hydrogens (primary N) is 1. The number of hydrogen-bond acceptors (Lipinski definition) is 3. The molecule has 0 aromatic heterocycles. The van der Waals surface area contributed by atoms with Gasteiger partial charge in [-0.05, 0) is 18.6 Å². The van der Waals surface area contributed by atoms with Crippen LogP contribution in [0.5, 0.6) is 5.75 Å². The van der Waals surface area contributed by atoms with Crippen LogP contribution >= 0.6 is 11.6 Å². The summed E-state index contributed by atoms with van der Waals surface area (Å²) in [4.78, 5) is 2.12. The summed E-state index contributed by atoms with van der Waals surface area (Å²) < 4.78 is 5.53. The van der Waals surface area contributed by atoms with Crippen LogP contribution in [0.15, 0.2) is 6.07 Å². The van der Waals surface area contributed by atoms with Gasteiger partial charge in [0.2, 0.25) is 0 Å². The Balaban J connectivity index is 2.67. The van der Waals surface area contributed by atoms with Gasteiger partial charge in [-0.2, -0.15) is 0 Å². The van der Waals surface area contributed by atoms with Crippen molar-refractivity contribution in [3.63, 3.8) is 0 Å². The molecule has 0 bridgehead atoms. The number of likely N-dealkylation sites (N-methyl/N-ethyl adjacent to an activating group) is 1. The molecule has 2 rings (SSSR count). The summed E-state index contributed by atoms with van der Waals surface area (Å²) >= 11 is 6.05. The van der Waals surface area contributed by atoms with Crippen molar-refractivity contribution in [3.05, 3.63) is 16.7 Å². The number of ether oxygens (including phenoxy) is 1. The Morgan fingerprint density at radius 2 is 2.29 bits per heavy atom. The second kappa shape index (κ2) is 3.24. The molecule has 0 aliphatic carbocycles. The molecular formula is C10H13ClN2O. The second-order valence-electron chi connectivity index (χ2n) is 3.52.